The Hall–Kier alpha value is -1.95. The smallest absolute Gasteiger partial charge is 0.326 e. The first kappa shape index (κ1) is 13.1. The fraction of sp³-hybridized carbons (Fsp3) is 0.364. The SMILES string of the molecule is COCCC(NC(=O)c1ccncc1)C(=O)O. The zero-order valence-corrected chi connectivity index (χ0v) is 9.42. The highest BCUT2D eigenvalue weighted by atomic mass is 16.5. The molecule has 1 rings (SSSR count). The van der Waals surface area contributed by atoms with Crippen molar-refractivity contribution in [2.75, 3.05) is 13.7 Å². The van der Waals surface area contributed by atoms with Crippen molar-refractivity contribution in [3.05, 3.63) is 30.1 Å². The molecule has 0 saturated heterocycles. The van der Waals surface area contributed by atoms with E-state index in [9.17, 15) is 9.59 Å². The van der Waals surface area contributed by atoms with Gasteiger partial charge in [-0.3, -0.25) is 9.78 Å². The Labute approximate surface area is 98.6 Å². The van der Waals surface area contributed by atoms with Crippen molar-refractivity contribution in [3.8, 4) is 0 Å². The summed E-state index contributed by atoms with van der Waals surface area (Å²) in [6, 6.07) is 2.09. The Morgan fingerprint density at radius 3 is 2.65 bits per heavy atom. The maximum atomic E-state index is 11.7. The molecule has 0 radical (unpaired) electrons. The van der Waals surface area contributed by atoms with Gasteiger partial charge in [-0.1, -0.05) is 0 Å². The van der Waals surface area contributed by atoms with Crippen LogP contribution in [0, 0.1) is 0 Å². The van der Waals surface area contributed by atoms with Crippen LogP contribution in [-0.4, -0.2) is 41.7 Å². The van der Waals surface area contributed by atoms with Crippen molar-refractivity contribution in [1.29, 1.82) is 0 Å². The average Bonchev–Trinajstić information content (AvgIpc) is 2.35. The number of carboxylic acid groups (broad SMARTS) is 1. The van der Waals surface area contributed by atoms with Gasteiger partial charge in [0.15, 0.2) is 0 Å². The Morgan fingerprint density at radius 2 is 2.12 bits per heavy atom. The van der Waals surface area contributed by atoms with Gasteiger partial charge < -0.3 is 15.2 Å². The number of aromatic nitrogens is 1. The van der Waals surface area contributed by atoms with Crippen LogP contribution in [0.2, 0.25) is 0 Å². The van der Waals surface area contributed by atoms with Gasteiger partial charge in [0.25, 0.3) is 5.91 Å². The number of methoxy groups -OCH3 is 1. The van der Waals surface area contributed by atoms with Crippen LogP contribution in [0.4, 0.5) is 0 Å². The third kappa shape index (κ3) is 4.20. The van der Waals surface area contributed by atoms with Crippen LogP contribution in [0.25, 0.3) is 0 Å². The first-order chi connectivity index (χ1) is 8.15. The van der Waals surface area contributed by atoms with Crippen LogP contribution in [0.5, 0.6) is 0 Å². The molecule has 0 aliphatic rings. The van der Waals surface area contributed by atoms with Gasteiger partial charge in [-0.2, -0.15) is 0 Å². The largest absolute Gasteiger partial charge is 0.480 e. The molecule has 0 bridgehead atoms. The maximum Gasteiger partial charge on any atom is 0.326 e. The van der Waals surface area contributed by atoms with Crippen molar-refractivity contribution in [2.45, 2.75) is 12.5 Å². The van der Waals surface area contributed by atoms with Gasteiger partial charge in [-0.15, -0.1) is 0 Å². The topological polar surface area (TPSA) is 88.5 Å². The van der Waals surface area contributed by atoms with E-state index in [-0.39, 0.29) is 13.0 Å². The van der Waals surface area contributed by atoms with E-state index in [1.807, 2.05) is 0 Å². The second kappa shape index (κ2) is 6.59. The number of carbonyl (C=O) groups excluding carboxylic acids is 1. The number of nitrogens with zero attached hydrogens (tertiary/aromatic N) is 1. The zero-order valence-electron chi connectivity index (χ0n) is 9.42. The van der Waals surface area contributed by atoms with E-state index in [0.29, 0.717) is 5.56 Å². The second-order valence-electron chi connectivity index (χ2n) is 3.38. The number of amides is 1. The van der Waals surface area contributed by atoms with E-state index in [4.69, 9.17) is 9.84 Å². The fourth-order valence-corrected chi connectivity index (χ4v) is 1.24. The first-order valence-corrected chi connectivity index (χ1v) is 5.07. The summed E-state index contributed by atoms with van der Waals surface area (Å²) in [5.41, 5.74) is 0.378. The molecule has 2 N–H and O–H groups in total. The van der Waals surface area contributed by atoms with E-state index in [1.165, 1.54) is 31.6 Å². The van der Waals surface area contributed by atoms with Gasteiger partial charge in [0.2, 0.25) is 0 Å². The minimum atomic E-state index is -1.08. The Bertz CT molecular complexity index is 380. The fourth-order valence-electron chi connectivity index (χ4n) is 1.24. The van der Waals surface area contributed by atoms with Crippen LogP contribution in [0.1, 0.15) is 16.8 Å². The Morgan fingerprint density at radius 1 is 1.47 bits per heavy atom. The van der Waals surface area contributed by atoms with Gasteiger partial charge in [0, 0.05) is 38.1 Å². The van der Waals surface area contributed by atoms with Crippen molar-refractivity contribution < 1.29 is 19.4 Å². The number of hydrogen-bond donors (Lipinski definition) is 2. The number of pyridine rings is 1. The van der Waals surface area contributed by atoms with Crippen molar-refractivity contribution >= 4 is 11.9 Å². The van der Waals surface area contributed by atoms with Crippen LogP contribution >= 0.6 is 0 Å². The monoisotopic (exact) mass is 238 g/mol. The lowest BCUT2D eigenvalue weighted by Crippen LogP contribution is -2.41. The summed E-state index contributed by atoms with van der Waals surface area (Å²) in [7, 11) is 1.48. The van der Waals surface area contributed by atoms with E-state index in [1.54, 1.807) is 0 Å². The van der Waals surface area contributed by atoms with Gasteiger partial charge in [-0.25, -0.2) is 4.79 Å². The van der Waals surface area contributed by atoms with E-state index < -0.39 is 17.9 Å². The normalized spacial score (nSPS) is 11.8. The summed E-state index contributed by atoms with van der Waals surface area (Å²) < 4.78 is 4.79. The maximum absolute atomic E-state index is 11.7. The molecule has 0 aliphatic carbocycles. The molecule has 0 fully saturated rings. The summed E-state index contributed by atoms with van der Waals surface area (Å²) in [6.45, 7) is 0.271. The predicted octanol–water partition coefficient (Wildman–Crippen LogP) is 0.301. The standard InChI is InChI=1S/C11H14N2O4/c1-17-7-4-9(11(15)16)13-10(14)8-2-5-12-6-3-8/h2-3,5-6,9H,4,7H2,1H3,(H,13,14)(H,15,16). The summed E-state index contributed by atoms with van der Waals surface area (Å²) in [4.78, 5) is 26.3. The number of hydrogen-bond acceptors (Lipinski definition) is 4. The summed E-state index contributed by atoms with van der Waals surface area (Å²) >= 11 is 0. The predicted molar refractivity (Wildman–Crippen MR) is 59.6 cm³/mol. The van der Waals surface area contributed by atoms with E-state index in [2.05, 4.69) is 10.3 Å². The quantitative estimate of drug-likeness (QED) is 0.744. The Kier molecular flexibility index (Phi) is 5.09. The second-order valence-corrected chi connectivity index (χ2v) is 3.38. The van der Waals surface area contributed by atoms with Crippen LogP contribution in [-0.2, 0) is 9.53 Å². The molecule has 1 aromatic heterocycles. The lowest BCUT2D eigenvalue weighted by atomic mass is 10.2. The molecule has 17 heavy (non-hydrogen) atoms. The number of carboxylic acids is 1. The molecule has 1 atom stereocenters. The molecular weight excluding hydrogens is 224 g/mol. The number of nitrogens with one attached hydrogen (secondary N) is 1. The van der Waals surface area contributed by atoms with Crippen LogP contribution in [0.15, 0.2) is 24.5 Å². The summed E-state index contributed by atoms with van der Waals surface area (Å²) in [5.74, 6) is -1.51. The minimum Gasteiger partial charge on any atom is -0.480 e. The molecule has 0 aromatic carbocycles. The van der Waals surface area contributed by atoms with Crippen LogP contribution in [0.3, 0.4) is 0 Å². The molecular formula is C11H14N2O4. The number of ether oxygens (including phenoxy) is 1. The molecule has 0 spiro atoms. The van der Waals surface area contributed by atoms with Gasteiger partial charge in [0.1, 0.15) is 6.04 Å². The highest BCUT2D eigenvalue weighted by Gasteiger charge is 2.19. The first-order valence-electron chi connectivity index (χ1n) is 5.07. The molecule has 6 nitrogen and oxygen atoms in total. The van der Waals surface area contributed by atoms with E-state index in [0.717, 1.165) is 0 Å². The van der Waals surface area contributed by atoms with Gasteiger partial charge >= 0.3 is 5.97 Å². The van der Waals surface area contributed by atoms with Crippen LogP contribution < -0.4 is 5.32 Å². The lowest BCUT2D eigenvalue weighted by molar-refractivity contribution is -0.139. The number of carbonyl (C=O) groups is 2. The Balaban J connectivity index is 2.61. The molecule has 6 heteroatoms. The summed E-state index contributed by atoms with van der Waals surface area (Å²) in [6.07, 6.45) is 3.17. The average molecular weight is 238 g/mol. The van der Waals surface area contributed by atoms with Gasteiger partial charge in [-0.05, 0) is 12.1 Å². The van der Waals surface area contributed by atoms with Gasteiger partial charge in [0.05, 0.1) is 0 Å². The number of aliphatic carboxylic acids is 1. The molecule has 92 valence electrons. The lowest BCUT2D eigenvalue weighted by Gasteiger charge is -2.13. The van der Waals surface area contributed by atoms with Crippen molar-refractivity contribution in [3.63, 3.8) is 0 Å². The minimum absolute atomic E-state index is 0.225. The third-order valence-electron chi connectivity index (χ3n) is 2.16. The molecule has 1 unspecified atom stereocenters. The highest BCUT2D eigenvalue weighted by Crippen LogP contribution is 1.99. The molecule has 0 saturated carbocycles. The molecule has 0 aliphatic heterocycles. The molecule has 1 aromatic rings. The summed E-state index contributed by atoms with van der Waals surface area (Å²) in [5, 5.41) is 11.3. The molecule has 1 amide bonds. The third-order valence-corrected chi connectivity index (χ3v) is 2.16. The van der Waals surface area contributed by atoms with Crippen molar-refractivity contribution in [1.82, 2.24) is 10.3 Å². The number of rotatable bonds is 6. The zero-order chi connectivity index (χ0) is 12.7. The van der Waals surface area contributed by atoms with E-state index >= 15 is 0 Å². The molecule has 1 heterocycles. The highest BCUT2D eigenvalue weighted by molar-refractivity contribution is 5.96. The van der Waals surface area contributed by atoms with Crippen molar-refractivity contribution in [2.24, 2.45) is 0 Å².